The number of carbonyl (C=O) groups excluding carboxylic acids is 1. The second kappa shape index (κ2) is 5.35. The lowest BCUT2D eigenvalue weighted by Crippen LogP contribution is -2.18. The Kier molecular flexibility index (Phi) is 3.62. The molecule has 2 rings (SSSR count). The van der Waals surface area contributed by atoms with Gasteiger partial charge in [0.25, 0.3) is 5.91 Å². The number of rotatable bonds is 4. The molecule has 1 aromatic heterocycles. The molecule has 18 heavy (non-hydrogen) atoms. The monoisotopic (exact) mass is 245 g/mol. The van der Waals surface area contributed by atoms with E-state index >= 15 is 0 Å². The summed E-state index contributed by atoms with van der Waals surface area (Å²) < 4.78 is 7.13. The van der Waals surface area contributed by atoms with E-state index in [-0.39, 0.29) is 5.91 Å². The molecule has 0 aliphatic rings. The lowest BCUT2D eigenvalue weighted by molar-refractivity contribution is 0.0958. The van der Waals surface area contributed by atoms with Gasteiger partial charge in [-0.2, -0.15) is 0 Å². The van der Waals surface area contributed by atoms with Crippen LogP contribution in [0.5, 0.6) is 5.88 Å². The van der Waals surface area contributed by atoms with E-state index in [0.717, 1.165) is 5.56 Å². The van der Waals surface area contributed by atoms with Crippen LogP contribution in [-0.4, -0.2) is 22.7 Å². The smallest absolute Gasteiger partial charge is 0.258 e. The van der Waals surface area contributed by atoms with E-state index in [1.165, 1.54) is 0 Å². The Labute approximate surface area is 105 Å². The largest absolute Gasteiger partial charge is 0.471 e. The molecule has 94 valence electrons. The van der Waals surface area contributed by atoms with Crippen molar-refractivity contribution in [2.45, 2.75) is 6.61 Å². The van der Waals surface area contributed by atoms with Crippen LogP contribution in [0.2, 0.25) is 0 Å². The Balaban J connectivity index is 2.12. The van der Waals surface area contributed by atoms with Gasteiger partial charge >= 0.3 is 0 Å². The summed E-state index contributed by atoms with van der Waals surface area (Å²) in [6.07, 6.45) is 1.64. The van der Waals surface area contributed by atoms with Crippen LogP contribution in [0.4, 0.5) is 0 Å². The molecular formula is C13H15N3O2. The number of aryl methyl sites for hydroxylation is 1. The fourth-order valence-electron chi connectivity index (χ4n) is 1.59. The van der Waals surface area contributed by atoms with E-state index in [1.807, 2.05) is 30.3 Å². The van der Waals surface area contributed by atoms with Gasteiger partial charge in [-0.05, 0) is 5.56 Å². The number of aromatic nitrogens is 2. The highest BCUT2D eigenvalue weighted by Crippen LogP contribution is 2.16. The van der Waals surface area contributed by atoms with Gasteiger partial charge in [-0.25, -0.2) is 0 Å². The molecule has 2 aromatic rings. The zero-order valence-electron chi connectivity index (χ0n) is 10.4. The summed E-state index contributed by atoms with van der Waals surface area (Å²) in [6, 6.07) is 9.75. The molecule has 0 fully saturated rings. The van der Waals surface area contributed by atoms with Crippen LogP contribution in [0, 0.1) is 0 Å². The van der Waals surface area contributed by atoms with Gasteiger partial charge in [-0.15, -0.1) is 5.10 Å². The Hall–Kier alpha value is -2.30. The topological polar surface area (TPSA) is 56.2 Å². The van der Waals surface area contributed by atoms with Crippen LogP contribution in [0.3, 0.4) is 0 Å². The third-order valence-electron chi connectivity index (χ3n) is 2.48. The highest BCUT2D eigenvalue weighted by molar-refractivity contribution is 5.95. The van der Waals surface area contributed by atoms with Crippen molar-refractivity contribution >= 4 is 5.91 Å². The summed E-state index contributed by atoms with van der Waals surface area (Å²) in [5, 5.41) is 6.69. The first-order valence-corrected chi connectivity index (χ1v) is 5.63. The molecule has 0 aliphatic carbocycles. The molecule has 0 radical (unpaired) electrons. The second-order valence-electron chi connectivity index (χ2n) is 3.87. The number of nitrogens with zero attached hydrogens (tertiary/aromatic N) is 2. The molecule has 1 amide bonds. The van der Waals surface area contributed by atoms with Crippen molar-refractivity contribution in [1.29, 1.82) is 0 Å². The number of amides is 1. The standard InChI is InChI=1S/C13H15N3O2/c1-14-12(17)11-8-16(2)15-13(11)18-9-10-6-4-3-5-7-10/h3-8H,9H2,1-2H3,(H,14,17). The quantitative estimate of drug-likeness (QED) is 0.884. The third kappa shape index (κ3) is 2.68. The number of hydrogen-bond donors (Lipinski definition) is 1. The first-order valence-electron chi connectivity index (χ1n) is 5.63. The lowest BCUT2D eigenvalue weighted by atomic mass is 10.2. The van der Waals surface area contributed by atoms with Crippen LogP contribution in [-0.2, 0) is 13.7 Å². The van der Waals surface area contributed by atoms with Gasteiger partial charge in [0.1, 0.15) is 12.2 Å². The van der Waals surface area contributed by atoms with Gasteiger partial charge < -0.3 is 10.1 Å². The molecule has 1 heterocycles. The molecule has 0 unspecified atom stereocenters. The predicted octanol–water partition coefficient (Wildman–Crippen LogP) is 1.36. The van der Waals surface area contributed by atoms with Gasteiger partial charge in [-0.1, -0.05) is 30.3 Å². The average Bonchev–Trinajstić information content (AvgIpc) is 2.78. The van der Waals surface area contributed by atoms with Crippen LogP contribution in [0.15, 0.2) is 36.5 Å². The van der Waals surface area contributed by atoms with E-state index in [0.29, 0.717) is 18.1 Å². The third-order valence-corrected chi connectivity index (χ3v) is 2.48. The minimum Gasteiger partial charge on any atom is -0.471 e. The molecule has 1 aromatic carbocycles. The van der Waals surface area contributed by atoms with E-state index < -0.39 is 0 Å². The summed E-state index contributed by atoms with van der Waals surface area (Å²) in [5.41, 5.74) is 1.47. The number of hydrogen-bond acceptors (Lipinski definition) is 3. The van der Waals surface area contributed by atoms with E-state index in [4.69, 9.17) is 4.74 Å². The first kappa shape index (κ1) is 12.2. The molecule has 0 saturated carbocycles. The molecule has 0 atom stereocenters. The zero-order chi connectivity index (χ0) is 13.0. The van der Waals surface area contributed by atoms with Gasteiger partial charge in [-0.3, -0.25) is 9.48 Å². The maximum absolute atomic E-state index is 11.6. The summed E-state index contributed by atoms with van der Waals surface area (Å²) in [4.78, 5) is 11.6. The molecule has 0 saturated heterocycles. The molecule has 5 nitrogen and oxygen atoms in total. The number of carbonyl (C=O) groups is 1. The Morgan fingerprint density at radius 2 is 2.11 bits per heavy atom. The van der Waals surface area contributed by atoms with Gasteiger partial charge in [0, 0.05) is 20.3 Å². The molecule has 1 N–H and O–H groups in total. The summed E-state index contributed by atoms with van der Waals surface area (Å²) in [7, 11) is 3.33. The Morgan fingerprint density at radius 3 is 2.78 bits per heavy atom. The average molecular weight is 245 g/mol. The number of ether oxygens (including phenoxy) is 1. The normalized spacial score (nSPS) is 10.1. The van der Waals surface area contributed by atoms with Crippen LogP contribution < -0.4 is 10.1 Å². The van der Waals surface area contributed by atoms with Crippen molar-refractivity contribution in [3.05, 3.63) is 47.7 Å². The highest BCUT2D eigenvalue weighted by atomic mass is 16.5. The zero-order valence-corrected chi connectivity index (χ0v) is 10.4. The Bertz CT molecular complexity index is 534. The number of nitrogens with one attached hydrogen (secondary N) is 1. The Morgan fingerprint density at radius 1 is 1.39 bits per heavy atom. The highest BCUT2D eigenvalue weighted by Gasteiger charge is 2.15. The predicted molar refractivity (Wildman–Crippen MR) is 67.4 cm³/mol. The van der Waals surface area contributed by atoms with Crippen molar-refractivity contribution in [1.82, 2.24) is 15.1 Å². The van der Waals surface area contributed by atoms with Crippen LogP contribution in [0.1, 0.15) is 15.9 Å². The van der Waals surface area contributed by atoms with Gasteiger partial charge in [0.2, 0.25) is 5.88 Å². The van der Waals surface area contributed by atoms with E-state index in [9.17, 15) is 4.79 Å². The first-order chi connectivity index (χ1) is 8.70. The van der Waals surface area contributed by atoms with Gasteiger partial charge in [0.05, 0.1) is 0 Å². The molecule has 5 heteroatoms. The lowest BCUT2D eigenvalue weighted by Gasteiger charge is -2.04. The van der Waals surface area contributed by atoms with Crippen molar-refractivity contribution in [2.75, 3.05) is 7.05 Å². The fraction of sp³-hybridized carbons (Fsp3) is 0.231. The minimum absolute atomic E-state index is 0.203. The molecule has 0 spiro atoms. The van der Waals surface area contributed by atoms with Gasteiger partial charge in [0.15, 0.2) is 0 Å². The minimum atomic E-state index is -0.203. The second-order valence-corrected chi connectivity index (χ2v) is 3.87. The fourth-order valence-corrected chi connectivity index (χ4v) is 1.59. The summed E-state index contributed by atoms with van der Waals surface area (Å²) >= 11 is 0. The number of benzene rings is 1. The van der Waals surface area contributed by atoms with Crippen molar-refractivity contribution in [3.63, 3.8) is 0 Å². The van der Waals surface area contributed by atoms with Crippen LogP contribution in [0.25, 0.3) is 0 Å². The van der Waals surface area contributed by atoms with Crippen LogP contribution >= 0.6 is 0 Å². The van der Waals surface area contributed by atoms with Crippen molar-refractivity contribution < 1.29 is 9.53 Å². The van der Waals surface area contributed by atoms with E-state index in [2.05, 4.69) is 10.4 Å². The summed E-state index contributed by atoms with van der Waals surface area (Å²) in [6.45, 7) is 0.391. The maximum Gasteiger partial charge on any atom is 0.258 e. The SMILES string of the molecule is CNC(=O)c1cn(C)nc1OCc1ccccc1. The van der Waals surface area contributed by atoms with E-state index in [1.54, 1.807) is 25.0 Å². The van der Waals surface area contributed by atoms with Crippen molar-refractivity contribution in [3.8, 4) is 5.88 Å². The molecule has 0 aliphatic heterocycles. The van der Waals surface area contributed by atoms with Crippen molar-refractivity contribution in [2.24, 2.45) is 7.05 Å². The molecule has 0 bridgehead atoms. The maximum atomic E-state index is 11.6. The molecular weight excluding hydrogens is 230 g/mol. The summed E-state index contributed by atoms with van der Waals surface area (Å²) in [5.74, 6) is 0.145.